The Morgan fingerprint density at radius 2 is 1.79 bits per heavy atom. The Bertz CT molecular complexity index is 183. The molecule has 0 heterocycles. The fourth-order valence-corrected chi connectivity index (χ4v) is 0.891. The molecule has 0 aliphatic carbocycles. The Labute approximate surface area is 84.4 Å². The molecule has 0 aliphatic heterocycles. The van der Waals surface area contributed by atoms with Crippen LogP contribution in [-0.4, -0.2) is 37.9 Å². The summed E-state index contributed by atoms with van der Waals surface area (Å²) in [7, 11) is 0. The van der Waals surface area contributed by atoms with Crippen LogP contribution in [0.4, 0.5) is 0 Å². The van der Waals surface area contributed by atoms with E-state index in [0.29, 0.717) is 39.0 Å². The zero-order valence-electron chi connectivity index (χ0n) is 8.64. The SMILES string of the molecule is CC(=O)CCNCCC(=O)NCCN. The lowest BCUT2D eigenvalue weighted by Crippen LogP contribution is -2.31. The van der Waals surface area contributed by atoms with E-state index in [-0.39, 0.29) is 11.7 Å². The van der Waals surface area contributed by atoms with Crippen LogP contribution in [0.15, 0.2) is 0 Å². The maximum absolute atomic E-state index is 11.0. The monoisotopic (exact) mass is 201 g/mol. The number of nitrogens with two attached hydrogens (primary N) is 1. The van der Waals surface area contributed by atoms with Crippen molar-refractivity contribution in [2.75, 3.05) is 26.2 Å². The molecule has 0 saturated heterocycles. The van der Waals surface area contributed by atoms with Gasteiger partial charge in [-0.15, -0.1) is 0 Å². The molecule has 4 N–H and O–H groups in total. The predicted octanol–water partition coefficient (Wildman–Crippen LogP) is -0.980. The topological polar surface area (TPSA) is 84.2 Å². The van der Waals surface area contributed by atoms with Crippen molar-refractivity contribution in [3.63, 3.8) is 0 Å². The highest BCUT2D eigenvalue weighted by molar-refractivity contribution is 5.76. The lowest BCUT2D eigenvalue weighted by Gasteiger charge is -2.04. The molecule has 0 fully saturated rings. The van der Waals surface area contributed by atoms with Crippen LogP contribution >= 0.6 is 0 Å². The van der Waals surface area contributed by atoms with Crippen molar-refractivity contribution in [1.29, 1.82) is 0 Å². The van der Waals surface area contributed by atoms with Gasteiger partial charge in [-0.25, -0.2) is 0 Å². The summed E-state index contributed by atoms with van der Waals surface area (Å²) < 4.78 is 0. The van der Waals surface area contributed by atoms with Crippen molar-refractivity contribution in [3.05, 3.63) is 0 Å². The van der Waals surface area contributed by atoms with E-state index in [0.717, 1.165) is 0 Å². The molecule has 0 atom stereocenters. The van der Waals surface area contributed by atoms with Gasteiger partial charge in [0.25, 0.3) is 0 Å². The summed E-state index contributed by atoms with van der Waals surface area (Å²) in [5.74, 6) is 0.149. The Hall–Kier alpha value is -0.940. The quantitative estimate of drug-likeness (QED) is 0.441. The second-order valence-corrected chi connectivity index (χ2v) is 3.09. The van der Waals surface area contributed by atoms with Crippen molar-refractivity contribution < 1.29 is 9.59 Å². The zero-order valence-corrected chi connectivity index (χ0v) is 8.64. The smallest absolute Gasteiger partial charge is 0.221 e. The van der Waals surface area contributed by atoms with E-state index in [4.69, 9.17) is 5.73 Å². The van der Waals surface area contributed by atoms with Gasteiger partial charge in [-0.3, -0.25) is 9.59 Å². The molecule has 0 unspecified atom stereocenters. The van der Waals surface area contributed by atoms with Gasteiger partial charge in [0.2, 0.25) is 5.91 Å². The Kier molecular flexibility index (Phi) is 8.07. The van der Waals surface area contributed by atoms with Crippen molar-refractivity contribution in [3.8, 4) is 0 Å². The summed E-state index contributed by atoms with van der Waals surface area (Å²) in [5, 5.41) is 5.67. The fourth-order valence-electron chi connectivity index (χ4n) is 0.891. The van der Waals surface area contributed by atoms with Crippen LogP contribution < -0.4 is 16.4 Å². The van der Waals surface area contributed by atoms with E-state index in [2.05, 4.69) is 10.6 Å². The molecule has 0 rings (SSSR count). The molecular weight excluding hydrogens is 182 g/mol. The van der Waals surface area contributed by atoms with Crippen molar-refractivity contribution in [2.24, 2.45) is 5.73 Å². The van der Waals surface area contributed by atoms with Crippen molar-refractivity contribution >= 4 is 11.7 Å². The minimum absolute atomic E-state index is 0.00854. The van der Waals surface area contributed by atoms with E-state index in [1.54, 1.807) is 6.92 Å². The number of carbonyl (C=O) groups excluding carboxylic acids is 2. The van der Waals surface area contributed by atoms with Crippen LogP contribution in [-0.2, 0) is 9.59 Å². The minimum atomic E-state index is -0.00854. The highest BCUT2D eigenvalue weighted by atomic mass is 16.1. The summed E-state index contributed by atoms with van der Waals surface area (Å²) >= 11 is 0. The molecule has 14 heavy (non-hydrogen) atoms. The van der Waals surface area contributed by atoms with Gasteiger partial charge in [0, 0.05) is 39.0 Å². The van der Waals surface area contributed by atoms with Crippen LogP contribution in [0.25, 0.3) is 0 Å². The normalized spacial score (nSPS) is 9.86. The minimum Gasteiger partial charge on any atom is -0.355 e. The molecule has 0 radical (unpaired) electrons. The molecular formula is C9H19N3O2. The molecule has 5 heteroatoms. The number of hydrogen-bond acceptors (Lipinski definition) is 4. The Morgan fingerprint density at radius 3 is 2.36 bits per heavy atom. The lowest BCUT2D eigenvalue weighted by atomic mass is 10.3. The summed E-state index contributed by atoms with van der Waals surface area (Å²) in [6.07, 6.45) is 0.947. The largest absolute Gasteiger partial charge is 0.355 e. The molecule has 0 saturated carbocycles. The van der Waals surface area contributed by atoms with Crippen molar-refractivity contribution in [1.82, 2.24) is 10.6 Å². The molecule has 0 aromatic carbocycles. The molecule has 82 valence electrons. The first-order valence-corrected chi connectivity index (χ1v) is 4.83. The van der Waals surface area contributed by atoms with Crippen LogP contribution in [0.3, 0.4) is 0 Å². The maximum atomic E-state index is 11.0. The zero-order chi connectivity index (χ0) is 10.8. The standard InChI is InChI=1S/C9H19N3O2/c1-8(13)2-5-11-6-3-9(14)12-7-4-10/h11H,2-7,10H2,1H3,(H,12,14). The van der Waals surface area contributed by atoms with Crippen LogP contribution in [0.2, 0.25) is 0 Å². The highest BCUT2D eigenvalue weighted by Gasteiger charge is 1.99. The average Bonchev–Trinajstić information content (AvgIpc) is 2.13. The molecule has 5 nitrogen and oxygen atoms in total. The van der Waals surface area contributed by atoms with Gasteiger partial charge in [0.1, 0.15) is 5.78 Å². The van der Waals surface area contributed by atoms with Gasteiger partial charge in [0.15, 0.2) is 0 Å². The number of amides is 1. The van der Waals surface area contributed by atoms with E-state index in [1.165, 1.54) is 0 Å². The number of ketones is 1. The summed E-state index contributed by atoms with van der Waals surface area (Å²) in [6, 6.07) is 0. The van der Waals surface area contributed by atoms with Gasteiger partial charge in [-0.05, 0) is 6.92 Å². The first kappa shape index (κ1) is 13.1. The third kappa shape index (κ3) is 9.15. The van der Waals surface area contributed by atoms with E-state index >= 15 is 0 Å². The number of rotatable bonds is 8. The molecule has 0 aromatic rings. The van der Waals surface area contributed by atoms with Gasteiger partial charge >= 0.3 is 0 Å². The molecule has 0 bridgehead atoms. The second kappa shape index (κ2) is 8.65. The molecule has 0 aromatic heterocycles. The first-order chi connectivity index (χ1) is 6.66. The van der Waals surface area contributed by atoms with E-state index in [1.807, 2.05) is 0 Å². The number of hydrogen-bond donors (Lipinski definition) is 3. The van der Waals surface area contributed by atoms with Crippen LogP contribution in [0.5, 0.6) is 0 Å². The predicted molar refractivity (Wildman–Crippen MR) is 54.8 cm³/mol. The third-order valence-electron chi connectivity index (χ3n) is 1.65. The fraction of sp³-hybridized carbons (Fsp3) is 0.778. The van der Waals surface area contributed by atoms with Crippen molar-refractivity contribution in [2.45, 2.75) is 19.8 Å². The maximum Gasteiger partial charge on any atom is 0.221 e. The van der Waals surface area contributed by atoms with Gasteiger partial charge < -0.3 is 16.4 Å². The molecule has 1 amide bonds. The summed E-state index contributed by atoms with van der Waals surface area (Å²) in [4.78, 5) is 21.6. The Balaban J connectivity index is 3.19. The summed E-state index contributed by atoms with van der Waals surface area (Å²) in [5.41, 5.74) is 5.22. The van der Waals surface area contributed by atoms with Gasteiger partial charge in [0.05, 0.1) is 0 Å². The van der Waals surface area contributed by atoms with E-state index < -0.39 is 0 Å². The summed E-state index contributed by atoms with van der Waals surface area (Å²) in [6.45, 7) is 3.77. The molecule has 0 aliphatic rings. The highest BCUT2D eigenvalue weighted by Crippen LogP contribution is 1.80. The number of carbonyl (C=O) groups is 2. The third-order valence-corrected chi connectivity index (χ3v) is 1.65. The lowest BCUT2D eigenvalue weighted by molar-refractivity contribution is -0.120. The van der Waals surface area contributed by atoms with Gasteiger partial charge in [-0.2, -0.15) is 0 Å². The average molecular weight is 201 g/mol. The number of Topliss-reactive ketones (excluding diaryl/α,β-unsaturated/α-hetero) is 1. The Morgan fingerprint density at radius 1 is 1.14 bits per heavy atom. The second-order valence-electron chi connectivity index (χ2n) is 3.09. The number of nitrogens with one attached hydrogen (secondary N) is 2. The van der Waals surface area contributed by atoms with Crippen LogP contribution in [0, 0.1) is 0 Å². The van der Waals surface area contributed by atoms with E-state index in [9.17, 15) is 9.59 Å². The van der Waals surface area contributed by atoms with Gasteiger partial charge in [-0.1, -0.05) is 0 Å². The first-order valence-electron chi connectivity index (χ1n) is 4.83. The van der Waals surface area contributed by atoms with Crippen LogP contribution in [0.1, 0.15) is 19.8 Å². The molecule has 0 spiro atoms.